The number of nitrogens with two attached hydrogens (primary N) is 1. The molecule has 2 amide bonds. The van der Waals surface area contributed by atoms with Gasteiger partial charge < -0.3 is 15.8 Å². The van der Waals surface area contributed by atoms with Crippen LogP contribution in [-0.2, 0) is 9.53 Å². The van der Waals surface area contributed by atoms with Gasteiger partial charge in [-0.05, 0) is 20.8 Å². The van der Waals surface area contributed by atoms with Gasteiger partial charge in [0.15, 0.2) is 5.54 Å². The van der Waals surface area contributed by atoms with E-state index in [4.69, 9.17) is 10.5 Å². The number of rotatable bonds is 1. The van der Waals surface area contributed by atoms with E-state index in [9.17, 15) is 9.59 Å². The maximum absolute atomic E-state index is 11.0. The van der Waals surface area contributed by atoms with Crippen LogP contribution in [0.4, 0.5) is 4.79 Å². The summed E-state index contributed by atoms with van der Waals surface area (Å²) >= 11 is 0. The van der Waals surface area contributed by atoms with E-state index in [1.807, 2.05) is 0 Å². The van der Waals surface area contributed by atoms with Gasteiger partial charge in [-0.1, -0.05) is 0 Å². The molecule has 0 aromatic rings. The second-order valence-electron chi connectivity index (χ2n) is 3.51. The van der Waals surface area contributed by atoms with Gasteiger partial charge in [-0.2, -0.15) is 0 Å². The number of amides is 2. The van der Waals surface area contributed by atoms with Crippen molar-refractivity contribution in [3.8, 4) is 0 Å². The van der Waals surface area contributed by atoms with E-state index >= 15 is 0 Å². The van der Waals surface area contributed by atoms with Gasteiger partial charge in [0.25, 0.3) is 0 Å². The Hall–Kier alpha value is -1.26. The largest absolute Gasteiger partial charge is 0.440 e. The van der Waals surface area contributed by atoms with Gasteiger partial charge in [-0.15, -0.1) is 0 Å². The van der Waals surface area contributed by atoms with Crippen molar-refractivity contribution in [3.05, 3.63) is 0 Å². The quantitative estimate of drug-likeness (QED) is 0.572. The van der Waals surface area contributed by atoms with Crippen LogP contribution in [0.5, 0.6) is 0 Å². The molecule has 0 aliphatic carbocycles. The molecule has 1 heterocycles. The number of hydrogen-bond acceptors (Lipinski definition) is 3. The van der Waals surface area contributed by atoms with Crippen LogP contribution in [0, 0.1) is 0 Å². The maximum atomic E-state index is 11.0. The Balaban J connectivity index is 3.05. The predicted molar refractivity (Wildman–Crippen MR) is 41.3 cm³/mol. The first-order valence-electron chi connectivity index (χ1n) is 3.61. The van der Waals surface area contributed by atoms with E-state index in [-0.39, 0.29) is 0 Å². The van der Waals surface area contributed by atoms with Gasteiger partial charge in [-0.3, -0.25) is 4.79 Å². The molecular formula is C7H12N2O3. The molecule has 1 atom stereocenters. The lowest BCUT2D eigenvalue weighted by molar-refractivity contribution is -0.127. The van der Waals surface area contributed by atoms with Crippen LogP contribution in [0.25, 0.3) is 0 Å². The lowest BCUT2D eigenvalue weighted by atomic mass is 9.84. The third kappa shape index (κ3) is 0.929. The summed E-state index contributed by atoms with van der Waals surface area (Å²) in [5.41, 5.74) is 3.12. The minimum atomic E-state index is -1.12. The zero-order chi connectivity index (χ0) is 9.57. The third-order valence-electron chi connectivity index (χ3n) is 2.40. The fourth-order valence-corrected chi connectivity index (χ4v) is 1.07. The normalized spacial score (nSPS) is 32.4. The lowest BCUT2D eigenvalue weighted by Crippen LogP contribution is -2.60. The maximum Gasteiger partial charge on any atom is 0.408 e. The molecule has 1 aliphatic heterocycles. The van der Waals surface area contributed by atoms with E-state index in [1.165, 1.54) is 0 Å². The van der Waals surface area contributed by atoms with Gasteiger partial charge in [-0.25, -0.2) is 4.79 Å². The second kappa shape index (κ2) is 2.12. The van der Waals surface area contributed by atoms with Gasteiger partial charge >= 0.3 is 6.09 Å². The van der Waals surface area contributed by atoms with Crippen molar-refractivity contribution in [2.45, 2.75) is 31.9 Å². The van der Waals surface area contributed by atoms with Crippen LogP contribution in [0.3, 0.4) is 0 Å². The number of hydrogen-bond donors (Lipinski definition) is 2. The fraction of sp³-hybridized carbons (Fsp3) is 0.714. The highest BCUT2D eigenvalue weighted by molar-refractivity contribution is 5.92. The van der Waals surface area contributed by atoms with Gasteiger partial charge in [0.2, 0.25) is 5.91 Å². The summed E-state index contributed by atoms with van der Waals surface area (Å²) in [5, 5.41) is 2.38. The van der Waals surface area contributed by atoms with E-state index in [1.54, 1.807) is 20.8 Å². The van der Waals surface area contributed by atoms with E-state index in [0.29, 0.717) is 0 Å². The molecule has 0 bridgehead atoms. The van der Waals surface area contributed by atoms with Crippen LogP contribution >= 0.6 is 0 Å². The molecule has 0 aromatic carbocycles. The first kappa shape index (κ1) is 8.83. The van der Waals surface area contributed by atoms with Crippen molar-refractivity contribution in [2.24, 2.45) is 5.73 Å². The summed E-state index contributed by atoms with van der Waals surface area (Å²) in [6.07, 6.45) is -0.610. The summed E-state index contributed by atoms with van der Waals surface area (Å²) in [4.78, 5) is 21.8. The van der Waals surface area contributed by atoms with Crippen LogP contribution in [0.15, 0.2) is 0 Å². The molecule has 5 heteroatoms. The van der Waals surface area contributed by atoms with Crippen molar-refractivity contribution in [1.29, 1.82) is 0 Å². The molecule has 1 unspecified atom stereocenters. The summed E-state index contributed by atoms with van der Waals surface area (Å²) in [6, 6.07) is 0. The number of ether oxygens (including phenoxy) is 1. The zero-order valence-electron chi connectivity index (χ0n) is 7.30. The van der Waals surface area contributed by atoms with E-state index in [2.05, 4.69) is 5.32 Å². The molecule has 0 spiro atoms. The molecule has 0 saturated carbocycles. The Labute approximate surface area is 70.2 Å². The standard InChI is InChI=1S/C7H12N2O3/c1-6(2)7(3,4(8)10)9-5(11)12-6/h1-3H3,(H2,8,10)(H,9,11). The minimum absolute atomic E-state index is 0.599. The summed E-state index contributed by atoms with van der Waals surface area (Å²) in [6.45, 7) is 4.81. The summed E-state index contributed by atoms with van der Waals surface area (Å²) < 4.78 is 4.87. The molecule has 3 N–H and O–H groups in total. The number of cyclic esters (lactones) is 1. The molecule has 0 radical (unpaired) electrons. The highest BCUT2D eigenvalue weighted by Crippen LogP contribution is 2.30. The van der Waals surface area contributed by atoms with E-state index < -0.39 is 23.1 Å². The van der Waals surface area contributed by atoms with Crippen LogP contribution in [0.2, 0.25) is 0 Å². The fourth-order valence-electron chi connectivity index (χ4n) is 1.07. The van der Waals surface area contributed by atoms with E-state index in [0.717, 1.165) is 0 Å². The van der Waals surface area contributed by atoms with Crippen molar-refractivity contribution in [2.75, 3.05) is 0 Å². The van der Waals surface area contributed by atoms with Crippen molar-refractivity contribution < 1.29 is 14.3 Å². The summed E-state index contributed by atoms with van der Waals surface area (Å²) in [7, 11) is 0. The Morgan fingerprint density at radius 2 is 2.00 bits per heavy atom. The minimum Gasteiger partial charge on any atom is -0.440 e. The number of nitrogens with one attached hydrogen (secondary N) is 1. The smallest absolute Gasteiger partial charge is 0.408 e. The first-order valence-corrected chi connectivity index (χ1v) is 3.61. The number of carbonyl (C=O) groups excluding carboxylic acids is 2. The molecule has 68 valence electrons. The molecule has 1 rings (SSSR count). The molecular weight excluding hydrogens is 160 g/mol. The van der Waals surface area contributed by atoms with Crippen LogP contribution < -0.4 is 11.1 Å². The average molecular weight is 172 g/mol. The molecule has 1 fully saturated rings. The topological polar surface area (TPSA) is 81.4 Å². The van der Waals surface area contributed by atoms with Gasteiger partial charge in [0.05, 0.1) is 0 Å². The second-order valence-corrected chi connectivity index (χ2v) is 3.51. The molecule has 12 heavy (non-hydrogen) atoms. The average Bonchev–Trinajstić information content (AvgIpc) is 2.02. The molecule has 1 aliphatic rings. The lowest BCUT2D eigenvalue weighted by Gasteiger charge is -2.30. The molecule has 0 aromatic heterocycles. The third-order valence-corrected chi connectivity index (χ3v) is 2.40. The first-order chi connectivity index (χ1) is 5.29. The summed E-state index contributed by atoms with van der Waals surface area (Å²) in [5.74, 6) is -0.599. The Morgan fingerprint density at radius 1 is 1.50 bits per heavy atom. The van der Waals surface area contributed by atoms with Gasteiger partial charge in [0, 0.05) is 0 Å². The highest BCUT2D eigenvalue weighted by Gasteiger charge is 2.55. The highest BCUT2D eigenvalue weighted by atomic mass is 16.6. The Kier molecular flexibility index (Phi) is 1.56. The Morgan fingerprint density at radius 3 is 2.17 bits per heavy atom. The monoisotopic (exact) mass is 172 g/mol. The number of alkyl carbamates (subject to hydrolysis) is 1. The zero-order valence-corrected chi connectivity index (χ0v) is 7.30. The Bertz CT molecular complexity index is 249. The van der Waals surface area contributed by atoms with Crippen molar-refractivity contribution in [1.82, 2.24) is 5.32 Å². The number of carbonyl (C=O) groups is 2. The molecule has 1 saturated heterocycles. The number of primary amides is 1. The molecule has 5 nitrogen and oxygen atoms in total. The predicted octanol–water partition coefficient (Wildman–Crippen LogP) is -0.251. The SMILES string of the molecule is CC1(C)OC(=O)NC1(C)C(N)=O. The van der Waals surface area contributed by atoms with Crippen LogP contribution in [0.1, 0.15) is 20.8 Å². The van der Waals surface area contributed by atoms with Crippen molar-refractivity contribution in [3.63, 3.8) is 0 Å². The van der Waals surface area contributed by atoms with Crippen LogP contribution in [-0.4, -0.2) is 23.1 Å². The van der Waals surface area contributed by atoms with Gasteiger partial charge in [0.1, 0.15) is 5.60 Å². The van der Waals surface area contributed by atoms with Crippen molar-refractivity contribution >= 4 is 12.0 Å².